The summed E-state index contributed by atoms with van der Waals surface area (Å²) in [5, 5.41) is 24.7. The Morgan fingerprint density at radius 2 is 1.59 bits per heavy atom. The Bertz CT molecular complexity index is 845. The van der Waals surface area contributed by atoms with Crippen LogP contribution in [0.25, 0.3) is 17.1 Å². The van der Waals surface area contributed by atoms with Gasteiger partial charge in [0.1, 0.15) is 0 Å². The molecule has 1 aromatic heterocycles. The third-order valence-electron chi connectivity index (χ3n) is 3.70. The fourth-order valence-electron chi connectivity index (χ4n) is 2.59. The maximum Gasteiger partial charge on any atom is 0.303 e. The van der Waals surface area contributed by atoms with Crippen LogP contribution in [0.3, 0.4) is 0 Å². The number of benzene rings is 2. The first kappa shape index (κ1) is 25.0. The third-order valence-corrected chi connectivity index (χ3v) is 3.70. The van der Waals surface area contributed by atoms with E-state index in [9.17, 15) is 8.78 Å². The number of para-hydroxylation sites is 1. The minimum absolute atomic E-state index is 0. The normalized spacial score (nSPS) is 12.9. The van der Waals surface area contributed by atoms with E-state index in [0.29, 0.717) is 23.5 Å². The Kier molecular flexibility index (Phi) is 9.73. The van der Waals surface area contributed by atoms with Gasteiger partial charge < -0.3 is 14.8 Å². The van der Waals surface area contributed by atoms with Gasteiger partial charge in [0, 0.05) is 32.7 Å². The van der Waals surface area contributed by atoms with Crippen LogP contribution in [0.5, 0.6) is 0 Å². The number of aliphatic hydroxyl groups excluding tert-OH is 2. The van der Waals surface area contributed by atoms with Crippen molar-refractivity contribution < 1.29 is 39.1 Å². The zero-order valence-electron chi connectivity index (χ0n) is 16.4. The maximum absolute atomic E-state index is 13.8. The summed E-state index contributed by atoms with van der Waals surface area (Å²) in [5.74, 6) is -3.13. The van der Waals surface area contributed by atoms with Gasteiger partial charge in [-0.05, 0) is 32.4 Å². The van der Waals surface area contributed by atoms with Crippen LogP contribution in [0.2, 0.25) is 0 Å². The van der Waals surface area contributed by atoms with Crippen LogP contribution in [0.15, 0.2) is 54.6 Å². The predicted molar refractivity (Wildman–Crippen MR) is 103 cm³/mol. The Hall–Kier alpha value is -1.99. The van der Waals surface area contributed by atoms with Gasteiger partial charge in [-0.3, -0.25) is 0 Å². The van der Waals surface area contributed by atoms with Gasteiger partial charge >= 0.3 is 5.92 Å². The van der Waals surface area contributed by atoms with Crippen molar-refractivity contribution in [2.45, 2.75) is 45.3 Å². The van der Waals surface area contributed by atoms with Crippen molar-refractivity contribution >= 4 is 0 Å². The second kappa shape index (κ2) is 11.3. The molecule has 0 amide bonds. The second-order valence-electron chi connectivity index (χ2n) is 6.62. The molecule has 0 saturated carbocycles. The van der Waals surface area contributed by atoms with Gasteiger partial charge in [-0.15, -0.1) is 41.0 Å². The average molecular weight is 581 g/mol. The Labute approximate surface area is 182 Å². The summed E-state index contributed by atoms with van der Waals surface area (Å²) in [6.07, 6.45) is -0.278. The number of aromatic nitrogens is 3. The van der Waals surface area contributed by atoms with E-state index in [1.807, 2.05) is 12.1 Å². The topological polar surface area (TPSA) is 71.2 Å². The molecule has 159 valence electrons. The summed E-state index contributed by atoms with van der Waals surface area (Å²) in [7, 11) is 0. The van der Waals surface area contributed by atoms with Gasteiger partial charge in [0.05, 0.1) is 18.0 Å². The number of rotatable bonds is 5. The first-order chi connectivity index (χ1) is 13.2. The Balaban J connectivity index is 0.000000456. The van der Waals surface area contributed by atoms with Crippen LogP contribution < -0.4 is 0 Å². The van der Waals surface area contributed by atoms with Crippen molar-refractivity contribution in [2.75, 3.05) is 0 Å². The molecule has 3 rings (SSSR count). The molecule has 0 aliphatic heterocycles. The summed E-state index contributed by atoms with van der Waals surface area (Å²) < 4.78 is 29.0. The molecule has 8 heteroatoms. The summed E-state index contributed by atoms with van der Waals surface area (Å²) in [5.41, 5.74) is 1.20. The van der Waals surface area contributed by atoms with Crippen molar-refractivity contribution in [3.63, 3.8) is 0 Å². The molecule has 2 aromatic carbocycles. The summed E-state index contributed by atoms with van der Waals surface area (Å²) in [6.45, 7) is 4.13. The summed E-state index contributed by atoms with van der Waals surface area (Å²) in [4.78, 5) is 0. The van der Waals surface area contributed by atoms with E-state index in [0.717, 1.165) is 6.92 Å². The van der Waals surface area contributed by atoms with E-state index in [2.05, 4.69) is 16.3 Å². The minimum atomic E-state index is -3.09. The molecule has 5 nitrogen and oxygen atoms in total. The van der Waals surface area contributed by atoms with E-state index in [1.54, 1.807) is 56.3 Å². The fraction of sp³-hybridized carbons (Fsp3) is 0.333. The first-order valence-electron chi connectivity index (χ1n) is 8.92. The first-order valence-corrected chi connectivity index (χ1v) is 8.92. The molecule has 3 aromatic rings. The molecule has 1 heterocycles. The SMILES string of the molecule is CC(F)(F)c1nnc(-c2[c-]cccc2)n1-c1ccccc1.CC(O)CC(C)O.[Ir]. The van der Waals surface area contributed by atoms with Crippen LogP contribution in [-0.4, -0.2) is 37.2 Å². The molecule has 0 bridgehead atoms. The van der Waals surface area contributed by atoms with Crippen LogP contribution in [0.4, 0.5) is 8.78 Å². The summed E-state index contributed by atoms with van der Waals surface area (Å²) in [6, 6.07) is 19.0. The molecular weight excluding hydrogens is 556 g/mol. The minimum Gasteiger partial charge on any atom is -0.393 e. The van der Waals surface area contributed by atoms with Gasteiger partial charge in [0.15, 0.2) is 5.82 Å². The molecule has 2 unspecified atom stereocenters. The number of halogens is 2. The fourth-order valence-corrected chi connectivity index (χ4v) is 2.59. The molecule has 0 spiro atoms. The van der Waals surface area contributed by atoms with Gasteiger partial charge in [0.2, 0.25) is 0 Å². The van der Waals surface area contributed by atoms with Crippen LogP contribution in [0, 0.1) is 6.07 Å². The van der Waals surface area contributed by atoms with Crippen molar-refractivity contribution in [3.05, 3.63) is 66.5 Å². The smallest absolute Gasteiger partial charge is 0.303 e. The van der Waals surface area contributed by atoms with Crippen molar-refractivity contribution in [2.24, 2.45) is 0 Å². The number of aliphatic hydroxyl groups is 2. The number of nitrogens with zero attached hydrogens (tertiary/aromatic N) is 3. The van der Waals surface area contributed by atoms with Crippen LogP contribution >= 0.6 is 0 Å². The Morgan fingerprint density at radius 3 is 2.03 bits per heavy atom. The quantitative estimate of drug-likeness (QED) is 0.448. The molecule has 29 heavy (non-hydrogen) atoms. The summed E-state index contributed by atoms with van der Waals surface area (Å²) >= 11 is 0. The van der Waals surface area contributed by atoms with Gasteiger partial charge in [0.25, 0.3) is 0 Å². The largest absolute Gasteiger partial charge is 0.393 e. The van der Waals surface area contributed by atoms with E-state index in [4.69, 9.17) is 10.2 Å². The van der Waals surface area contributed by atoms with Crippen LogP contribution in [-0.2, 0) is 26.0 Å². The van der Waals surface area contributed by atoms with E-state index >= 15 is 0 Å². The Morgan fingerprint density at radius 1 is 1.00 bits per heavy atom. The molecule has 0 aliphatic rings. The standard InChI is InChI=1S/C16H12F2N3.C5H12O2.Ir/c1-16(17,18)15-20-19-14(12-8-4-2-5-9-12)21(15)13-10-6-3-7-11-13;1-4(6)3-5(2)7;/h2-8,10-11H,1H3;4-7H,3H2,1-2H3;/q-1;;. The molecule has 0 saturated heterocycles. The zero-order chi connectivity index (χ0) is 20.7. The average Bonchev–Trinajstić information content (AvgIpc) is 3.08. The predicted octanol–water partition coefficient (Wildman–Crippen LogP) is 3.98. The van der Waals surface area contributed by atoms with E-state index < -0.39 is 5.92 Å². The van der Waals surface area contributed by atoms with E-state index in [1.165, 1.54) is 4.57 Å². The van der Waals surface area contributed by atoms with Crippen molar-refractivity contribution in [1.29, 1.82) is 0 Å². The zero-order valence-corrected chi connectivity index (χ0v) is 18.8. The molecule has 0 fully saturated rings. The van der Waals surface area contributed by atoms with Crippen molar-refractivity contribution in [1.82, 2.24) is 14.8 Å². The monoisotopic (exact) mass is 581 g/mol. The molecule has 0 aliphatic carbocycles. The second-order valence-corrected chi connectivity index (χ2v) is 6.62. The van der Waals surface area contributed by atoms with Crippen molar-refractivity contribution in [3.8, 4) is 17.1 Å². The third kappa shape index (κ3) is 7.40. The van der Waals surface area contributed by atoms with Gasteiger partial charge in [-0.1, -0.05) is 18.2 Å². The maximum atomic E-state index is 13.8. The molecule has 1 radical (unpaired) electrons. The molecule has 2 N–H and O–H groups in total. The van der Waals surface area contributed by atoms with Gasteiger partial charge in [-0.25, -0.2) is 0 Å². The molecule has 2 atom stereocenters. The van der Waals surface area contributed by atoms with Gasteiger partial charge in [-0.2, -0.15) is 13.9 Å². The number of hydrogen-bond donors (Lipinski definition) is 2. The van der Waals surface area contributed by atoms with E-state index in [-0.39, 0.29) is 38.1 Å². The number of hydrogen-bond acceptors (Lipinski definition) is 4. The molecular formula is C21H24F2IrN3O2-. The van der Waals surface area contributed by atoms with Crippen LogP contribution in [0.1, 0.15) is 33.0 Å². The number of alkyl halides is 2.